The first-order valence-corrected chi connectivity index (χ1v) is 6.06. The minimum atomic E-state index is -0.861. The summed E-state index contributed by atoms with van der Waals surface area (Å²) in [4.78, 5) is 23.2. The Morgan fingerprint density at radius 2 is 2.06 bits per heavy atom. The van der Waals surface area contributed by atoms with E-state index >= 15 is 0 Å². The van der Waals surface area contributed by atoms with Gasteiger partial charge in [0.1, 0.15) is 11.1 Å². The minimum absolute atomic E-state index is 0.414. The highest BCUT2D eigenvalue weighted by atomic mass is 16.6. The number of nitrogens with one attached hydrogen (secondary N) is 1. The lowest BCUT2D eigenvalue weighted by molar-refractivity contribution is -0.144. The number of amides is 1. The maximum atomic E-state index is 11.7. The number of rotatable bonds is 6. The van der Waals surface area contributed by atoms with Crippen molar-refractivity contribution in [1.29, 1.82) is 0 Å². The van der Waals surface area contributed by atoms with Gasteiger partial charge < -0.3 is 14.8 Å². The second kappa shape index (κ2) is 5.42. The SMILES string of the molecule is C=CCCC(C)(C)OC(=O)NC1(C(=O)OC)CC1. The monoisotopic (exact) mass is 255 g/mol. The van der Waals surface area contributed by atoms with Crippen molar-refractivity contribution in [2.45, 2.75) is 50.7 Å². The van der Waals surface area contributed by atoms with E-state index in [1.165, 1.54) is 7.11 Å². The molecule has 0 aliphatic heterocycles. The van der Waals surface area contributed by atoms with E-state index in [9.17, 15) is 9.59 Å². The van der Waals surface area contributed by atoms with Crippen molar-refractivity contribution in [3.8, 4) is 0 Å². The molecule has 1 rings (SSSR count). The van der Waals surface area contributed by atoms with Crippen molar-refractivity contribution in [3.05, 3.63) is 12.7 Å². The molecular formula is C13H21NO4. The molecule has 102 valence electrons. The number of alkyl carbamates (subject to hydrolysis) is 1. The summed E-state index contributed by atoms with van der Waals surface area (Å²) in [6.45, 7) is 7.28. The molecular weight excluding hydrogens is 234 g/mol. The maximum absolute atomic E-state index is 11.7. The van der Waals surface area contributed by atoms with E-state index in [0.717, 1.165) is 6.42 Å². The highest BCUT2D eigenvalue weighted by molar-refractivity contribution is 5.88. The van der Waals surface area contributed by atoms with Crippen LogP contribution in [0.5, 0.6) is 0 Å². The molecule has 0 spiro atoms. The molecule has 1 saturated carbocycles. The predicted octanol–water partition coefficient (Wildman–Crippen LogP) is 2.16. The van der Waals surface area contributed by atoms with Crippen LogP contribution in [0.2, 0.25) is 0 Å². The zero-order chi connectivity index (χ0) is 13.8. The molecule has 5 heteroatoms. The largest absolute Gasteiger partial charge is 0.467 e. The Kier molecular flexibility index (Phi) is 4.38. The Bertz CT molecular complexity index is 345. The fraction of sp³-hybridized carbons (Fsp3) is 0.692. The third kappa shape index (κ3) is 3.75. The van der Waals surface area contributed by atoms with E-state index in [1.807, 2.05) is 13.8 Å². The number of carbonyl (C=O) groups excluding carboxylic acids is 2. The molecule has 1 aliphatic rings. The van der Waals surface area contributed by atoms with E-state index in [0.29, 0.717) is 19.3 Å². The van der Waals surface area contributed by atoms with Crippen LogP contribution in [0.1, 0.15) is 39.5 Å². The zero-order valence-electron chi connectivity index (χ0n) is 11.2. The van der Waals surface area contributed by atoms with Crippen LogP contribution in [0, 0.1) is 0 Å². The molecule has 0 atom stereocenters. The van der Waals surface area contributed by atoms with Crippen molar-refractivity contribution in [2.75, 3.05) is 7.11 Å². The number of methoxy groups -OCH3 is 1. The van der Waals surface area contributed by atoms with Crippen LogP contribution in [0.25, 0.3) is 0 Å². The summed E-state index contributed by atoms with van der Waals surface area (Å²) in [5, 5.41) is 2.59. The lowest BCUT2D eigenvalue weighted by Gasteiger charge is -2.26. The second-order valence-electron chi connectivity index (χ2n) is 5.18. The van der Waals surface area contributed by atoms with E-state index in [2.05, 4.69) is 16.6 Å². The Morgan fingerprint density at radius 1 is 1.44 bits per heavy atom. The van der Waals surface area contributed by atoms with E-state index < -0.39 is 23.2 Å². The summed E-state index contributed by atoms with van der Waals surface area (Å²) in [5.74, 6) is -0.414. The van der Waals surface area contributed by atoms with Gasteiger partial charge in [-0.2, -0.15) is 0 Å². The molecule has 1 amide bonds. The fourth-order valence-corrected chi connectivity index (χ4v) is 1.67. The van der Waals surface area contributed by atoms with Gasteiger partial charge in [-0.05, 0) is 39.5 Å². The second-order valence-corrected chi connectivity index (χ2v) is 5.18. The molecule has 0 radical (unpaired) electrons. The van der Waals surface area contributed by atoms with Gasteiger partial charge in [0.25, 0.3) is 0 Å². The molecule has 0 heterocycles. The van der Waals surface area contributed by atoms with Crippen molar-refractivity contribution in [3.63, 3.8) is 0 Å². The van der Waals surface area contributed by atoms with E-state index in [1.54, 1.807) is 6.08 Å². The Hall–Kier alpha value is -1.52. The third-order valence-electron chi connectivity index (χ3n) is 2.99. The number of hydrogen-bond donors (Lipinski definition) is 1. The highest BCUT2D eigenvalue weighted by Crippen LogP contribution is 2.36. The lowest BCUT2D eigenvalue weighted by Crippen LogP contribution is -2.46. The van der Waals surface area contributed by atoms with Crippen LogP contribution in [-0.4, -0.2) is 30.3 Å². The molecule has 1 fully saturated rings. The number of esters is 1. The number of carbonyl (C=O) groups is 2. The van der Waals surface area contributed by atoms with Gasteiger partial charge in [-0.3, -0.25) is 0 Å². The van der Waals surface area contributed by atoms with Gasteiger partial charge in [-0.1, -0.05) is 6.08 Å². The first kappa shape index (κ1) is 14.5. The summed E-state index contributed by atoms with van der Waals surface area (Å²) >= 11 is 0. The van der Waals surface area contributed by atoms with Gasteiger partial charge in [0.15, 0.2) is 0 Å². The Morgan fingerprint density at radius 3 is 2.50 bits per heavy atom. The Labute approximate surface area is 108 Å². The summed E-state index contributed by atoms with van der Waals surface area (Å²) in [7, 11) is 1.31. The zero-order valence-corrected chi connectivity index (χ0v) is 11.2. The smallest absolute Gasteiger partial charge is 0.408 e. The van der Waals surface area contributed by atoms with Crippen molar-refractivity contribution >= 4 is 12.1 Å². The molecule has 0 bridgehead atoms. The minimum Gasteiger partial charge on any atom is -0.467 e. The third-order valence-corrected chi connectivity index (χ3v) is 2.99. The van der Waals surface area contributed by atoms with Gasteiger partial charge >= 0.3 is 12.1 Å². The predicted molar refractivity (Wildman–Crippen MR) is 67.1 cm³/mol. The average molecular weight is 255 g/mol. The van der Waals surface area contributed by atoms with Crippen LogP contribution in [0.15, 0.2) is 12.7 Å². The van der Waals surface area contributed by atoms with Gasteiger partial charge in [-0.25, -0.2) is 9.59 Å². The molecule has 18 heavy (non-hydrogen) atoms. The molecule has 0 aromatic rings. The van der Waals surface area contributed by atoms with Crippen LogP contribution in [0.4, 0.5) is 4.79 Å². The van der Waals surface area contributed by atoms with Gasteiger partial charge in [0, 0.05) is 0 Å². The van der Waals surface area contributed by atoms with Gasteiger partial charge in [0.2, 0.25) is 0 Å². The van der Waals surface area contributed by atoms with Crippen molar-refractivity contribution < 1.29 is 19.1 Å². The van der Waals surface area contributed by atoms with E-state index in [-0.39, 0.29) is 0 Å². The summed E-state index contributed by atoms with van der Waals surface area (Å²) in [6.07, 6.45) is 3.85. The van der Waals surface area contributed by atoms with Crippen LogP contribution >= 0.6 is 0 Å². The molecule has 1 aliphatic carbocycles. The lowest BCUT2D eigenvalue weighted by atomic mass is 10.0. The van der Waals surface area contributed by atoms with Crippen molar-refractivity contribution in [1.82, 2.24) is 5.32 Å². The fourth-order valence-electron chi connectivity index (χ4n) is 1.67. The summed E-state index contributed by atoms with van der Waals surface area (Å²) in [6, 6.07) is 0. The highest BCUT2D eigenvalue weighted by Gasteiger charge is 2.53. The summed E-state index contributed by atoms with van der Waals surface area (Å²) < 4.78 is 9.96. The topological polar surface area (TPSA) is 64.6 Å². The first-order chi connectivity index (χ1) is 8.35. The number of allylic oxidation sites excluding steroid dienone is 1. The van der Waals surface area contributed by atoms with Crippen LogP contribution in [0.3, 0.4) is 0 Å². The van der Waals surface area contributed by atoms with Gasteiger partial charge in [-0.15, -0.1) is 6.58 Å². The summed E-state index contributed by atoms with van der Waals surface area (Å²) in [5.41, 5.74) is -1.44. The quantitative estimate of drug-likeness (QED) is 0.583. The molecule has 5 nitrogen and oxygen atoms in total. The van der Waals surface area contributed by atoms with E-state index in [4.69, 9.17) is 4.74 Å². The van der Waals surface area contributed by atoms with Gasteiger partial charge in [0.05, 0.1) is 7.11 Å². The standard InChI is InChI=1S/C13H21NO4/c1-5-6-7-12(2,3)18-11(16)14-13(8-9-13)10(15)17-4/h5H,1,6-9H2,2-4H3,(H,14,16). The molecule has 0 aromatic carbocycles. The van der Waals surface area contributed by atoms with Crippen molar-refractivity contribution in [2.24, 2.45) is 0 Å². The number of ether oxygens (including phenoxy) is 2. The first-order valence-electron chi connectivity index (χ1n) is 6.06. The average Bonchev–Trinajstić information content (AvgIpc) is 3.05. The molecule has 0 aromatic heterocycles. The molecule has 0 saturated heterocycles. The van der Waals surface area contributed by atoms with Crippen LogP contribution in [-0.2, 0) is 14.3 Å². The molecule has 0 unspecified atom stereocenters. The maximum Gasteiger partial charge on any atom is 0.408 e. The normalized spacial score (nSPS) is 16.6. The van der Waals surface area contributed by atoms with Crippen LogP contribution < -0.4 is 5.32 Å². The number of hydrogen-bond acceptors (Lipinski definition) is 4. The Balaban J connectivity index is 2.47. The molecule has 1 N–H and O–H groups in total.